The number of carbonyl (C=O) groups is 2. The molecular weight excluding hydrogens is 570 g/mol. The molecule has 0 atom stereocenters. The molecule has 1 aromatic carbocycles. The lowest BCUT2D eigenvalue weighted by Crippen LogP contribution is -2.51. The van der Waals surface area contributed by atoms with Crippen LogP contribution in [0.2, 0.25) is 0 Å². The lowest BCUT2D eigenvalue weighted by molar-refractivity contribution is -0.138. The summed E-state index contributed by atoms with van der Waals surface area (Å²) in [4.78, 5) is 34.2. The number of pyridine rings is 1. The Labute approximate surface area is 253 Å². The van der Waals surface area contributed by atoms with Crippen molar-refractivity contribution in [2.75, 3.05) is 48.0 Å². The highest BCUT2D eigenvalue weighted by molar-refractivity contribution is 7.85. The van der Waals surface area contributed by atoms with Gasteiger partial charge in [-0.05, 0) is 44.0 Å². The molecule has 0 spiro atoms. The van der Waals surface area contributed by atoms with Gasteiger partial charge in [0.25, 0.3) is 10.1 Å². The number of amides is 3. The molecule has 12 nitrogen and oxygen atoms in total. The highest BCUT2D eigenvalue weighted by Crippen LogP contribution is 2.29. The number of hydrogen-bond acceptors (Lipinski definition) is 7. The Bertz CT molecular complexity index is 1510. The van der Waals surface area contributed by atoms with Gasteiger partial charge < -0.3 is 15.1 Å². The summed E-state index contributed by atoms with van der Waals surface area (Å²) in [5.41, 5.74) is 3.35. The molecule has 0 bridgehead atoms. The first kappa shape index (κ1) is 32.0. The van der Waals surface area contributed by atoms with Crippen molar-refractivity contribution in [1.29, 1.82) is 0 Å². The maximum atomic E-state index is 12.9. The van der Waals surface area contributed by atoms with Gasteiger partial charge in [0, 0.05) is 43.6 Å². The number of piperazine rings is 1. The number of hydrogen-bond donors (Lipinski definition) is 3. The van der Waals surface area contributed by atoms with Gasteiger partial charge in [0.2, 0.25) is 5.91 Å². The first-order valence-electron chi connectivity index (χ1n) is 14.4. The van der Waals surface area contributed by atoms with E-state index in [0.717, 1.165) is 61.8 Å². The molecule has 13 heteroatoms. The Morgan fingerprint density at radius 2 is 1.60 bits per heavy atom. The van der Waals surface area contributed by atoms with Crippen molar-refractivity contribution in [2.45, 2.75) is 52.4 Å². The summed E-state index contributed by atoms with van der Waals surface area (Å²) in [6.45, 7) is 11.3. The highest BCUT2D eigenvalue weighted by atomic mass is 32.2. The minimum Gasteiger partial charge on any atom is -0.353 e. The Hall–Kier alpha value is -3.97. The number of aromatic nitrogens is 3. The van der Waals surface area contributed by atoms with Crippen molar-refractivity contribution in [3.05, 3.63) is 59.9 Å². The minimum atomic E-state index is -3.67. The average Bonchev–Trinajstić information content (AvgIpc) is 3.32. The van der Waals surface area contributed by atoms with Crippen LogP contribution in [0, 0.1) is 12.8 Å². The highest BCUT2D eigenvalue weighted by Gasteiger charge is 2.31. The van der Waals surface area contributed by atoms with E-state index in [-0.39, 0.29) is 17.4 Å². The van der Waals surface area contributed by atoms with Gasteiger partial charge >= 0.3 is 6.03 Å². The van der Waals surface area contributed by atoms with E-state index < -0.39 is 10.1 Å². The number of nitrogens with one attached hydrogen (secondary N) is 2. The number of nitrogens with zero attached hydrogens (tertiary/aromatic N) is 5. The van der Waals surface area contributed by atoms with E-state index in [0.29, 0.717) is 23.7 Å². The first-order valence-corrected chi connectivity index (χ1v) is 16.2. The predicted octanol–water partition coefficient (Wildman–Crippen LogP) is 4.47. The Morgan fingerprint density at radius 3 is 2.12 bits per heavy atom. The van der Waals surface area contributed by atoms with E-state index in [9.17, 15) is 18.0 Å². The Balaban J connectivity index is 0.000000782. The third-order valence-electron chi connectivity index (χ3n) is 7.37. The fraction of sp³-hybridized carbons (Fsp3) is 0.467. The van der Waals surface area contributed by atoms with E-state index in [4.69, 9.17) is 9.65 Å². The molecule has 1 saturated carbocycles. The zero-order chi connectivity index (χ0) is 31.4. The van der Waals surface area contributed by atoms with Crippen LogP contribution in [0.25, 0.3) is 5.69 Å². The van der Waals surface area contributed by atoms with E-state index in [2.05, 4.69) is 41.3 Å². The summed E-state index contributed by atoms with van der Waals surface area (Å²) in [5, 5.41) is 10.6. The molecule has 3 N–H and O–H groups in total. The molecular formula is C30H41N7O5S. The molecule has 2 aliphatic rings. The second kappa shape index (κ2) is 13.1. The summed E-state index contributed by atoms with van der Waals surface area (Å²) < 4.78 is 27.6. The summed E-state index contributed by atoms with van der Waals surface area (Å²) in [5.74, 6) is 1.99. The van der Waals surface area contributed by atoms with E-state index in [1.54, 1.807) is 10.9 Å². The third-order valence-corrected chi connectivity index (χ3v) is 7.37. The number of anilines is 3. The Kier molecular flexibility index (Phi) is 9.75. The van der Waals surface area contributed by atoms with Crippen molar-refractivity contribution in [1.82, 2.24) is 19.7 Å². The Morgan fingerprint density at radius 1 is 0.977 bits per heavy atom. The van der Waals surface area contributed by atoms with Gasteiger partial charge in [0.1, 0.15) is 11.6 Å². The van der Waals surface area contributed by atoms with Crippen molar-refractivity contribution in [2.24, 2.45) is 5.92 Å². The topological polar surface area (TPSA) is 150 Å². The van der Waals surface area contributed by atoms with Crippen LogP contribution in [0.5, 0.6) is 0 Å². The molecule has 1 saturated heterocycles. The van der Waals surface area contributed by atoms with Gasteiger partial charge in [-0.3, -0.25) is 14.7 Å². The molecule has 232 valence electrons. The predicted molar refractivity (Wildman–Crippen MR) is 167 cm³/mol. The molecule has 1 aliphatic heterocycles. The smallest absolute Gasteiger partial charge is 0.324 e. The summed E-state index contributed by atoms with van der Waals surface area (Å²) in [6.07, 6.45) is 5.63. The normalized spacial score (nSPS) is 15.7. The third kappa shape index (κ3) is 9.01. The number of benzene rings is 1. The number of urea groups is 1. The zero-order valence-corrected chi connectivity index (χ0v) is 26.2. The van der Waals surface area contributed by atoms with E-state index in [1.807, 2.05) is 54.3 Å². The van der Waals surface area contributed by atoms with Crippen molar-refractivity contribution in [3.8, 4) is 5.69 Å². The van der Waals surface area contributed by atoms with E-state index in [1.165, 1.54) is 6.42 Å². The van der Waals surface area contributed by atoms with Gasteiger partial charge in [0.05, 0.1) is 29.5 Å². The minimum absolute atomic E-state index is 0.168. The standard InChI is InChI=1S/C29H37N7O2.CH4O3S/c1-20-8-11-23(12-9-20)36-26(18-24(33-36)29(2,3)4)32-28(38)31-22-10-13-25(30-19-22)34-14-16-35(17-15-34)27(37)21-6-5-7-21;1-5(2,3)4/h8-13,18-19,21H,5-7,14-17H2,1-4H3,(H2,31,32,38);1H3,(H,2,3,4). The van der Waals surface area contributed by atoms with Crippen LogP contribution in [0.4, 0.5) is 22.1 Å². The van der Waals surface area contributed by atoms with Gasteiger partial charge in [-0.15, -0.1) is 0 Å². The van der Waals surface area contributed by atoms with Crippen LogP contribution in [0.3, 0.4) is 0 Å². The fourth-order valence-electron chi connectivity index (χ4n) is 4.71. The van der Waals surface area contributed by atoms with Crippen molar-refractivity contribution in [3.63, 3.8) is 0 Å². The molecule has 3 heterocycles. The maximum absolute atomic E-state index is 12.9. The first-order chi connectivity index (χ1) is 20.2. The second-order valence-electron chi connectivity index (χ2n) is 12.1. The quantitative estimate of drug-likeness (QED) is 0.358. The second-order valence-corrected chi connectivity index (χ2v) is 13.5. The zero-order valence-electron chi connectivity index (χ0n) is 25.4. The molecule has 1 aliphatic carbocycles. The molecule has 43 heavy (non-hydrogen) atoms. The largest absolute Gasteiger partial charge is 0.353 e. The van der Waals surface area contributed by atoms with Gasteiger partial charge in [-0.1, -0.05) is 44.9 Å². The molecule has 5 rings (SSSR count). The van der Waals surface area contributed by atoms with Gasteiger partial charge in [0.15, 0.2) is 0 Å². The molecule has 3 amide bonds. The lowest BCUT2D eigenvalue weighted by Gasteiger charge is -2.38. The molecule has 2 fully saturated rings. The molecule has 0 radical (unpaired) electrons. The monoisotopic (exact) mass is 611 g/mol. The van der Waals surface area contributed by atoms with E-state index >= 15 is 0 Å². The van der Waals surface area contributed by atoms with Gasteiger partial charge in [-0.2, -0.15) is 13.5 Å². The van der Waals surface area contributed by atoms with Crippen LogP contribution >= 0.6 is 0 Å². The SMILES string of the molecule is CS(=O)(=O)O.Cc1ccc(-n2nc(C(C)(C)C)cc2NC(=O)Nc2ccc(N3CCN(C(=O)C4CCC4)CC3)nc2)cc1. The molecule has 3 aromatic rings. The lowest BCUT2D eigenvalue weighted by atomic mass is 9.84. The summed E-state index contributed by atoms with van der Waals surface area (Å²) >= 11 is 0. The number of aryl methyl sites for hydroxylation is 1. The molecule has 0 unspecified atom stereocenters. The number of rotatable bonds is 5. The molecule has 2 aromatic heterocycles. The van der Waals surface area contributed by atoms with Crippen molar-refractivity contribution < 1.29 is 22.6 Å². The average molecular weight is 612 g/mol. The number of carbonyl (C=O) groups excluding carboxylic acids is 2. The van der Waals surface area contributed by atoms with Crippen LogP contribution in [-0.2, 0) is 20.3 Å². The fourth-order valence-corrected chi connectivity index (χ4v) is 4.71. The van der Waals surface area contributed by atoms with Gasteiger partial charge in [-0.25, -0.2) is 14.5 Å². The summed E-state index contributed by atoms with van der Waals surface area (Å²) in [7, 11) is -3.67. The van der Waals surface area contributed by atoms with Crippen LogP contribution in [0.1, 0.15) is 51.3 Å². The van der Waals surface area contributed by atoms with Crippen LogP contribution < -0.4 is 15.5 Å². The van der Waals surface area contributed by atoms with Crippen LogP contribution in [-0.4, -0.2) is 77.0 Å². The van der Waals surface area contributed by atoms with Crippen molar-refractivity contribution >= 4 is 39.4 Å². The summed E-state index contributed by atoms with van der Waals surface area (Å²) in [6, 6.07) is 13.3. The maximum Gasteiger partial charge on any atom is 0.324 e. The van der Waals surface area contributed by atoms with Crippen LogP contribution in [0.15, 0.2) is 48.7 Å².